The van der Waals surface area contributed by atoms with Crippen molar-refractivity contribution in [2.75, 3.05) is 46.5 Å². The first-order valence-electron chi connectivity index (χ1n) is 9.26. The average molecular weight is 355 g/mol. The highest BCUT2D eigenvalue weighted by Gasteiger charge is 2.09. The van der Waals surface area contributed by atoms with E-state index >= 15 is 0 Å². The number of hydrogen-bond acceptors (Lipinski definition) is 5. The fourth-order valence-corrected chi connectivity index (χ4v) is 2.46. The molecule has 0 fully saturated rings. The third-order valence-corrected chi connectivity index (χ3v) is 3.88. The molecule has 1 rings (SSSR count). The standard InChI is InChI=1S/C18H33N3O4/c1-19-10-9-17(22)20-11-13-24-14-12-21-18(23)15-25-16-7-5-3-2-4-6-8-16/h5,7,16,19H,2-4,6,8-15H2,1H3,(H,20,22)(H,21,23)/b7-5-. The van der Waals surface area contributed by atoms with E-state index in [1.165, 1.54) is 12.8 Å². The van der Waals surface area contributed by atoms with Gasteiger partial charge >= 0.3 is 0 Å². The molecular formula is C18H33N3O4. The van der Waals surface area contributed by atoms with E-state index in [1.54, 1.807) is 0 Å². The van der Waals surface area contributed by atoms with Crippen molar-refractivity contribution in [1.29, 1.82) is 0 Å². The summed E-state index contributed by atoms with van der Waals surface area (Å²) in [7, 11) is 1.81. The zero-order valence-corrected chi connectivity index (χ0v) is 15.4. The average Bonchev–Trinajstić information content (AvgIpc) is 2.58. The molecule has 144 valence electrons. The van der Waals surface area contributed by atoms with Crippen molar-refractivity contribution in [2.24, 2.45) is 0 Å². The molecule has 0 aliphatic heterocycles. The predicted octanol–water partition coefficient (Wildman–Crippen LogP) is 0.750. The zero-order chi connectivity index (χ0) is 18.2. The normalized spacial score (nSPS) is 18.8. The number of amides is 2. The van der Waals surface area contributed by atoms with Gasteiger partial charge in [-0.3, -0.25) is 9.59 Å². The van der Waals surface area contributed by atoms with Gasteiger partial charge < -0.3 is 25.4 Å². The molecule has 0 bridgehead atoms. The number of carbonyl (C=O) groups excluding carboxylic acids is 2. The van der Waals surface area contributed by atoms with Crippen LogP contribution in [0.5, 0.6) is 0 Å². The third-order valence-electron chi connectivity index (χ3n) is 3.88. The Labute approximate surface area is 150 Å². The molecule has 2 amide bonds. The Bertz CT molecular complexity index is 402. The van der Waals surface area contributed by atoms with Crippen LogP contribution in [0.1, 0.15) is 38.5 Å². The van der Waals surface area contributed by atoms with Crippen molar-refractivity contribution in [3.63, 3.8) is 0 Å². The summed E-state index contributed by atoms with van der Waals surface area (Å²) in [4.78, 5) is 23.1. The maximum absolute atomic E-state index is 11.7. The molecule has 7 nitrogen and oxygen atoms in total. The summed E-state index contributed by atoms with van der Waals surface area (Å²) in [5, 5.41) is 8.45. The first-order valence-corrected chi connectivity index (χ1v) is 9.26. The van der Waals surface area contributed by atoms with E-state index in [0.717, 1.165) is 19.3 Å². The van der Waals surface area contributed by atoms with E-state index in [9.17, 15) is 9.59 Å². The molecule has 1 aliphatic carbocycles. The van der Waals surface area contributed by atoms with E-state index in [4.69, 9.17) is 9.47 Å². The molecule has 25 heavy (non-hydrogen) atoms. The molecule has 0 heterocycles. The summed E-state index contributed by atoms with van der Waals surface area (Å²) in [6.45, 7) is 2.52. The summed E-state index contributed by atoms with van der Waals surface area (Å²) in [5.41, 5.74) is 0. The Morgan fingerprint density at radius 2 is 1.80 bits per heavy atom. The highest BCUT2D eigenvalue weighted by atomic mass is 16.5. The summed E-state index contributed by atoms with van der Waals surface area (Å²) in [6.07, 6.45) is 10.4. The summed E-state index contributed by atoms with van der Waals surface area (Å²) < 4.78 is 11.0. The van der Waals surface area contributed by atoms with Gasteiger partial charge in [0.2, 0.25) is 11.8 Å². The quantitative estimate of drug-likeness (QED) is 0.355. The molecular weight excluding hydrogens is 322 g/mol. The SMILES string of the molecule is CNCCC(=O)NCCOCCNC(=O)COC1/C=C\CCCCC1. The monoisotopic (exact) mass is 355 g/mol. The van der Waals surface area contributed by atoms with Gasteiger partial charge in [0.25, 0.3) is 0 Å². The lowest BCUT2D eigenvalue weighted by atomic mass is 10.0. The topological polar surface area (TPSA) is 88.7 Å². The lowest BCUT2D eigenvalue weighted by Crippen LogP contribution is -2.33. The zero-order valence-electron chi connectivity index (χ0n) is 15.4. The minimum absolute atomic E-state index is 0.00617. The fraction of sp³-hybridized carbons (Fsp3) is 0.778. The Morgan fingerprint density at radius 3 is 2.56 bits per heavy atom. The molecule has 0 spiro atoms. The number of ether oxygens (including phenoxy) is 2. The van der Waals surface area contributed by atoms with Crippen molar-refractivity contribution >= 4 is 11.8 Å². The van der Waals surface area contributed by atoms with Gasteiger partial charge in [-0.2, -0.15) is 0 Å². The van der Waals surface area contributed by atoms with Gasteiger partial charge in [0, 0.05) is 26.1 Å². The first-order chi connectivity index (χ1) is 12.2. The van der Waals surface area contributed by atoms with Gasteiger partial charge in [-0.05, 0) is 26.3 Å². The lowest BCUT2D eigenvalue weighted by molar-refractivity contribution is -0.127. The van der Waals surface area contributed by atoms with Crippen LogP contribution < -0.4 is 16.0 Å². The second-order valence-corrected chi connectivity index (χ2v) is 6.08. The van der Waals surface area contributed by atoms with Crippen LogP contribution in [0.25, 0.3) is 0 Å². The van der Waals surface area contributed by atoms with E-state index < -0.39 is 0 Å². The molecule has 0 saturated carbocycles. The van der Waals surface area contributed by atoms with Crippen LogP contribution in [-0.4, -0.2) is 64.4 Å². The Morgan fingerprint density at radius 1 is 1.04 bits per heavy atom. The third kappa shape index (κ3) is 12.6. The van der Waals surface area contributed by atoms with Gasteiger partial charge in [-0.15, -0.1) is 0 Å². The highest BCUT2D eigenvalue weighted by Crippen LogP contribution is 2.13. The largest absolute Gasteiger partial charge is 0.378 e. The van der Waals surface area contributed by atoms with Crippen molar-refractivity contribution in [1.82, 2.24) is 16.0 Å². The Balaban J connectivity index is 1.94. The van der Waals surface area contributed by atoms with Gasteiger partial charge in [-0.1, -0.05) is 25.0 Å². The summed E-state index contributed by atoms with van der Waals surface area (Å²) >= 11 is 0. The van der Waals surface area contributed by atoms with Gasteiger partial charge in [0.05, 0.1) is 19.3 Å². The lowest BCUT2D eigenvalue weighted by Gasteiger charge is -2.16. The Hall–Kier alpha value is -1.44. The number of nitrogens with one attached hydrogen (secondary N) is 3. The van der Waals surface area contributed by atoms with Crippen LogP contribution in [0, 0.1) is 0 Å². The number of carbonyl (C=O) groups is 2. The molecule has 0 aromatic rings. The minimum Gasteiger partial charge on any atom is -0.378 e. The first kappa shape index (κ1) is 21.6. The molecule has 1 atom stereocenters. The van der Waals surface area contributed by atoms with Gasteiger partial charge in [0.1, 0.15) is 6.61 Å². The van der Waals surface area contributed by atoms with E-state index in [0.29, 0.717) is 39.3 Å². The Kier molecular flexibility index (Phi) is 12.8. The molecule has 3 N–H and O–H groups in total. The van der Waals surface area contributed by atoms with Gasteiger partial charge in [0.15, 0.2) is 0 Å². The van der Waals surface area contributed by atoms with Crippen LogP contribution in [-0.2, 0) is 19.1 Å². The molecule has 0 saturated heterocycles. The smallest absolute Gasteiger partial charge is 0.246 e. The van der Waals surface area contributed by atoms with Crippen LogP contribution in [0.4, 0.5) is 0 Å². The van der Waals surface area contributed by atoms with Crippen molar-refractivity contribution in [3.8, 4) is 0 Å². The second kappa shape index (κ2) is 14.9. The summed E-state index contributed by atoms with van der Waals surface area (Å²) in [5.74, 6) is -0.119. The van der Waals surface area contributed by atoms with E-state index in [1.807, 2.05) is 7.05 Å². The van der Waals surface area contributed by atoms with E-state index in [-0.39, 0.29) is 24.5 Å². The molecule has 1 unspecified atom stereocenters. The van der Waals surface area contributed by atoms with Crippen molar-refractivity contribution in [2.45, 2.75) is 44.6 Å². The van der Waals surface area contributed by atoms with E-state index in [2.05, 4.69) is 28.1 Å². The van der Waals surface area contributed by atoms with Crippen molar-refractivity contribution in [3.05, 3.63) is 12.2 Å². The molecule has 0 aromatic carbocycles. The highest BCUT2D eigenvalue weighted by molar-refractivity contribution is 5.77. The molecule has 7 heteroatoms. The molecule has 1 aliphatic rings. The second-order valence-electron chi connectivity index (χ2n) is 6.08. The fourth-order valence-electron chi connectivity index (χ4n) is 2.46. The van der Waals surface area contributed by atoms with Crippen LogP contribution in [0.3, 0.4) is 0 Å². The number of hydrogen-bond donors (Lipinski definition) is 3. The van der Waals surface area contributed by atoms with Crippen LogP contribution in [0.2, 0.25) is 0 Å². The van der Waals surface area contributed by atoms with Crippen molar-refractivity contribution < 1.29 is 19.1 Å². The number of allylic oxidation sites excluding steroid dienone is 1. The minimum atomic E-state index is -0.126. The summed E-state index contributed by atoms with van der Waals surface area (Å²) in [6, 6.07) is 0. The predicted molar refractivity (Wildman–Crippen MR) is 97.3 cm³/mol. The maximum atomic E-state index is 11.7. The number of rotatable bonds is 12. The van der Waals surface area contributed by atoms with Crippen LogP contribution >= 0.6 is 0 Å². The van der Waals surface area contributed by atoms with Gasteiger partial charge in [-0.25, -0.2) is 0 Å². The van der Waals surface area contributed by atoms with Crippen LogP contribution in [0.15, 0.2) is 12.2 Å². The molecule has 0 radical (unpaired) electrons. The maximum Gasteiger partial charge on any atom is 0.246 e. The molecule has 0 aromatic heterocycles.